The maximum atomic E-state index is 12.7. The van der Waals surface area contributed by atoms with Crippen LogP contribution in [0.4, 0.5) is 5.00 Å². The average Bonchev–Trinajstić information content (AvgIpc) is 3.40. The normalized spacial score (nSPS) is 17.3. The molecule has 0 fully saturated rings. The van der Waals surface area contributed by atoms with Crippen LogP contribution in [-0.4, -0.2) is 25.8 Å². The van der Waals surface area contributed by atoms with Crippen LogP contribution < -0.4 is 14.8 Å². The fourth-order valence-electron chi connectivity index (χ4n) is 4.29. The summed E-state index contributed by atoms with van der Waals surface area (Å²) >= 11 is 1.50. The zero-order valence-corrected chi connectivity index (χ0v) is 19.8. The third kappa shape index (κ3) is 4.39. The summed E-state index contributed by atoms with van der Waals surface area (Å²) in [6.45, 7) is 7.04. The van der Waals surface area contributed by atoms with E-state index in [0.29, 0.717) is 28.0 Å². The highest BCUT2D eigenvalue weighted by molar-refractivity contribution is 7.17. The summed E-state index contributed by atoms with van der Waals surface area (Å²) in [7, 11) is 1.38. The van der Waals surface area contributed by atoms with E-state index >= 15 is 0 Å². The van der Waals surface area contributed by atoms with Gasteiger partial charge in [-0.15, -0.1) is 11.3 Å². The van der Waals surface area contributed by atoms with Crippen LogP contribution in [0.1, 0.15) is 60.0 Å². The largest absolute Gasteiger partial charge is 0.465 e. The Kier molecular flexibility index (Phi) is 6.29. The Morgan fingerprint density at radius 1 is 1.28 bits per heavy atom. The third-order valence-electron chi connectivity index (χ3n) is 6.73. The van der Waals surface area contributed by atoms with Crippen molar-refractivity contribution in [2.45, 2.75) is 46.5 Å². The molecule has 2 heterocycles. The van der Waals surface area contributed by atoms with Crippen LogP contribution in [0.2, 0.25) is 0 Å². The SMILES string of the molecule is CCC(C)(C)[C@@H]1CCc2c(sc(NC(=O)/C=C/c3ccc4c(c3)OCO4)c2C(=O)OC)C1. The summed E-state index contributed by atoms with van der Waals surface area (Å²) < 4.78 is 15.7. The highest BCUT2D eigenvalue weighted by Crippen LogP contribution is 2.45. The van der Waals surface area contributed by atoms with E-state index in [4.69, 9.17) is 14.2 Å². The highest BCUT2D eigenvalue weighted by Gasteiger charge is 2.35. The van der Waals surface area contributed by atoms with Gasteiger partial charge in [0.25, 0.3) is 0 Å². The van der Waals surface area contributed by atoms with E-state index in [1.165, 1.54) is 29.4 Å². The number of amides is 1. The maximum absolute atomic E-state index is 12.7. The zero-order valence-electron chi connectivity index (χ0n) is 18.9. The van der Waals surface area contributed by atoms with Gasteiger partial charge in [0.2, 0.25) is 12.7 Å². The molecule has 0 spiro atoms. The molecule has 1 N–H and O–H groups in total. The molecule has 0 saturated carbocycles. The van der Waals surface area contributed by atoms with Crippen molar-refractivity contribution in [3.05, 3.63) is 45.8 Å². The third-order valence-corrected chi connectivity index (χ3v) is 7.90. The minimum atomic E-state index is -0.397. The van der Waals surface area contributed by atoms with Gasteiger partial charge in [-0.25, -0.2) is 4.79 Å². The number of fused-ring (bicyclic) bond motifs is 2. The van der Waals surface area contributed by atoms with Gasteiger partial charge in [-0.2, -0.15) is 0 Å². The molecule has 2 aliphatic rings. The molecule has 6 nitrogen and oxygen atoms in total. The summed E-state index contributed by atoms with van der Waals surface area (Å²) in [6.07, 6.45) is 7.06. The average molecular weight is 456 g/mol. The monoisotopic (exact) mass is 455 g/mol. The quantitative estimate of drug-likeness (QED) is 0.463. The van der Waals surface area contributed by atoms with E-state index in [2.05, 4.69) is 26.1 Å². The number of anilines is 1. The number of ether oxygens (including phenoxy) is 3. The van der Waals surface area contributed by atoms with E-state index in [9.17, 15) is 9.59 Å². The number of carbonyl (C=O) groups excluding carboxylic acids is 2. The molecular formula is C25H29NO5S. The summed E-state index contributed by atoms with van der Waals surface area (Å²) in [6, 6.07) is 5.50. The molecule has 0 saturated heterocycles. The van der Waals surface area contributed by atoms with Gasteiger partial charge in [0, 0.05) is 11.0 Å². The summed E-state index contributed by atoms with van der Waals surface area (Å²) in [5.74, 6) is 1.22. The Morgan fingerprint density at radius 3 is 2.81 bits per heavy atom. The summed E-state index contributed by atoms with van der Waals surface area (Å²) in [5, 5.41) is 3.48. The first-order chi connectivity index (χ1) is 15.3. The van der Waals surface area contributed by atoms with Crippen molar-refractivity contribution < 1.29 is 23.8 Å². The number of hydrogen-bond acceptors (Lipinski definition) is 6. The van der Waals surface area contributed by atoms with Crippen LogP contribution in [0.25, 0.3) is 6.08 Å². The van der Waals surface area contributed by atoms with Gasteiger partial charge in [-0.3, -0.25) is 4.79 Å². The first-order valence-electron chi connectivity index (χ1n) is 10.9. The molecule has 0 bridgehead atoms. The van der Waals surface area contributed by atoms with E-state index in [1.54, 1.807) is 6.08 Å². The van der Waals surface area contributed by atoms with Crippen molar-refractivity contribution in [2.24, 2.45) is 11.3 Å². The lowest BCUT2D eigenvalue weighted by molar-refractivity contribution is -0.111. The number of hydrogen-bond donors (Lipinski definition) is 1. The second-order valence-electron chi connectivity index (χ2n) is 8.92. The van der Waals surface area contributed by atoms with E-state index < -0.39 is 5.97 Å². The van der Waals surface area contributed by atoms with Crippen LogP contribution in [-0.2, 0) is 22.4 Å². The highest BCUT2D eigenvalue weighted by atomic mass is 32.1. The molecule has 1 aliphatic carbocycles. The molecule has 170 valence electrons. The van der Waals surface area contributed by atoms with E-state index in [0.717, 1.165) is 36.8 Å². The Balaban J connectivity index is 1.54. The van der Waals surface area contributed by atoms with Crippen molar-refractivity contribution >= 4 is 34.3 Å². The first-order valence-corrected chi connectivity index (χ1v) is 11.8. The molecule has 0 radical (unpaired) electrons. The second kappa shape index (κ2) is 8.98. The number of rotatable bonds is 6. The smallest absolute Gasteiger partial charge is 0.341 e. The van der Waals surface area contributed by atoms with Gasteiger partial charge in [0.05, 0.1) is 12.7 Å². The van der Waals surface area contributed by atoms with Gasteiger partial charge in [0.1, 0.15) is 5.00 Å². The van der Waals surface area contributed by atoms with E-state index in [1.807, 2.05) is 18.2 Å². The molecule has 1 atom stereocenters. The lowest BCUT2D eigenvalue weighted by Gasteiger charge is -2.36. The molecule has 1 amide bonds. The fraction of sp³-hybridized carbons (Fsp3) is 0.440. The number of carbonyl (C=O) groups is 2. The van der Waals surface area contributed by atoms with Gasteiger partial charge >= 0.3 is 5.97 Å². The lowest BCUT2D eigenvalue weighted by Crippen LogP contribution is -2.28. The summed E-state index contributed by atoms with van der Waals surface area (Å²) in [5.41, 5.74) is 2.60. The fourth-order valence-corrected chi connectivity index (χ4v) is 5.61. The van der Waals surface area contributed by atoms with Crippen LogP contribution in [0.15, 0.2) is 24.3 Å². The number of nitrogens with one attached hydrogen (secondary N) is 1. The predicted octanol–water partition coefficient (Wildman–Crippen LogP) is 5.46. The maximum Gasteiger partial charge on any atom is 0.341 e. The predicted molar refractivity (Wildman–Crippen MR) is 125 cm³/mol. The van der Waals surface area contributed by atoms with Crippen LogP contribution in [0, 0.1) is 11.3 Å². The standard InChI is InChI=1S/C25H29NO5S/c1-5-25(2,3)16-8-9-17-20(13-16)32-23(22(17)24(28)29-4)26-21(27)11-7-15-6-10-18-19(12-15)31-14-30-18/h6-7,10-12,16H,5,8-9,13-14H2,1-4H3,(H,26,27)/b11-7+/t16-/m1/s1. The van der Waals surface area contributed by atoms with Gasteiger partial charge < -0.3 is 19.5 Å². The van der Waals surface area contributed by atoms with Crippen molar-refractivity contribution in [1.82, 2.24) is 0 Å². The molecule has 4 rings (SSSR count). The molecule has 1 aromatic carbocycles. The Hall–Kier alpha value is -2.80. The number of methoxy groups -OCH3 is 1. The first kappa shape index (κ1) is 22.4. The van der Waals surface area contributed by atoms with E-state index in [-0.39, 0.29) is 18.1 Å². The lowest BCUT2D eigenvalue weighted by atomic mass is 9.69. The van der Waals surface area contributed by atoms with Crippen molar-refractivity contribution in [1.29, 1.82) is 0 Å². The van der Waals surface area contributed by atoms with Crippen LogP contribution in [0.5, 0.6) is 11.5 Å². The Morgan fingerprint density at radius 2 is 2.06 bits per heavy atom. The summed E-state index contributed by atoms with van der Waals surface area (Å²) in [4.78, 5) is 26.4. The van der Waals surface area contributed by atoms with Gasteiger partial charge in [-0.05, 0) is 59.9 Å². The topological polar surface area (TPSA) is 73.9 Å². The molecule has 32 heavy (non-hydrogen) atoms. The molecule has 7 heteroatoms. The Labute approximate surface area is 192 Å². The molecule has 1 aliphatic heterocycles. The minimum Gasteiger partial charge on any atom is -0.465 e. The van der Waals surface area contributed by atoms with Crippen molar-refractivity contribution in [2.75, 3.05) is 19.2 Å². The minimum absolute atomic E-state index is 0.207. The van der Waals surface area contributed by atoms with Gasteiger partial charge in [-0.1, -0.05) is 33.3 Å². The number of thiophene rings is 1. The Bertz CT molecular complexity index is 1070. The van der Waals surface area contributed by atoms with Crippen LogP contribution >= 0.6 is 11.3 Å². The molecular weight excluding hydrogens is 426 g/mol. The van der Waals surface area contributed by atoms with Crippen LogP contribution in [0.3, 0.4) is 0 Å². The van der Waals surface area contributed by atoms with Crippen molar-refractivity contribution in [3.63, 3.8) is 0 Å². The van der Waals surface area contributed by atoms with Crippen molar-refractivity contribution in [3.8, 4) is 11.5 Å². The zero-order chi connectivity index (χ0) is 22.9. The number of benzene rings is 1. The molecule has 2 aromatic rings. The molecule has 0 unspecified atom stereocenters. The second-order valence-corrected chi connectivity index (χ2v) is 10.0. The number of esters is 1. The molecule has 1 aromatic heterocycles. The van der Waals surface area contributed by atoms with Gasteiger partial charge in [0.15, 0.2) is 11.5 Å².